The molecule has 0 saturated carbocycles. The molecule has 0 fully saturated rings. The molecule has 1 amide bonds. The van der Waals surface area contributed by atoms with Crippen LogP contribution in [0.25, 0.3) is 21.3 Å². The number of carbonyl (C=O) groups is 1. The highest BCUT2D eigenvalue weighted by Gasteiger charge is 2.29. The van der Waals surface area contributed by atoms with Crippen molar-refractivity contribution in [2.24, 2.45) is 0 Å². The van der Waals surface area contributed by atoms with Gasteiger partial charge in [0.25, 0.3) is 0 Å². The van der Waals surface area contributed by atoms with Crippen LogP contribution in [0.5, 0.6) is 0 Å². The van der Waals surface area contributed by atoms with E-state index in [-0.39, 0.29) is 18.5 Å². The number of halogens is 1. The molecule has 0 saturated heterocycles. The molecule has 152 valence electrons. The Morgan fingerprint density at radius 2 is 1.93 bits per heavy atom. The zero-order valence-electron chi connectivity index (χ0n) is 16.6. The fraction of sp³-hybridized carbons (Fsp3) is 0.391. The summed E-state index contributed by atoms with van der Waals surface area (Å²) in [4.78, 5) is 22.0. The fourth-order valence-corrected chi connectivity index (χ4v) is 5.85. The Bertz CT molecular complexity index is 1050. The Morgan fingerprint density at radius 3 is 2.72 bits per heavy atom. The minimum absolute atomic E-state index is 0. The predicted octanol–water partition coefficient (Wildman–Crippen LogP) is 5.78. The van der Waals surface area contributed by atoms with Crippen LogP contribution in [0.4, 0.5) is 4.79 Å². The van der Waals surface area contributed by atoms with Gasteiger partial charge in [-0.3, -0.25) is 0 Å². The number of thiophene rings is 1. The normalized spacial score (nSPS) is 15.4. The Balaban J connectivity index is 0.00000205. The molecule has 0 unspecified atom stereocenters. The lowest BCUT2D eigenvalue weighted by molar-refractivity contribution is 0.102. The Hall–Kier alpha value is -2.11. The summed E-state index contributed by atoms with van der Waals surface area (Å²) in [6, 6.07) is 10.6. The van der Waals surface area contributed by atoms with Gasteiger partial charge in [0, 0.05) is 34.5 Å². The molecule has 4 nitrogen and oxygen atoms in total. The van der Waals surface area contributed by atoms with Gasteiger partial charge in [0.05, 0.1) is 13.2 Å². The van der Waals surface area contributed by atoms with Crippen molar-refractivity contribution in [1.29, 1.82) is 0 Å². The monoisotopic (exact) mass is 428 g/mol. The van der Waals surface area contributed by atoms with Gasteiger partial charge in [-0.25, -0.2) is 9.78 Å². The molecule has 0 N–H and O–H groups in total. The molecule has 1 aliphatic carbocycles. The number of aromatic nitrogens is 1. The lowest BCUT2D eigenvalue weighted by Crippen LogP contribution is -2.37. The highest BCUT2D eigenvalue weighted by molar-refractivity contribution is 7.19. The third-order valence-electron chi connectivity index (χ3n) is 5.85. The second kappa shape index (κ2) is 8.33. The molecular formula is C23H25ClN2O2S. The van der Waals surface area contributed by atoms with Crippen LogP contribution in [0.15, 0.2) is 30.3 Å². The van der Waals surface area contributed by atoms with Crippen molar-refractivity contribution < 1.29 is 9.53 Å². The van der Waals surface area contributed by atoms with Crippen LogP contribution in [0.1, 0.15) is 41.5 Å². The van der Waals surface area contributed by atoms with Gasteiger partial charge < -0.3 is 9.64 Å². The van der Waals surface area contributed by atoms with Crippen molar-refractivity contribution in [3.05, 3.63) is 52.0 Å². The summed E-state index contributed by atoms with van der Waals surface area (Å²) in [6.45, 7) is 3.51. The van der Waals surface area contributed by atoms with E-state index in [1.807, 2.05) is 23.2 Å². The number of ether oxygens (including phenoxy) is 1. The molecule has 5 rings (SSSR count). The first kappa shape index (κ1) is 20.2. The van der Waals surface area contributed by atoms with Gasteiger partial charge >= 0.3 is 6.09 Å². The molecule has 2 aliphatic rings. The number of nitrogens with zero attached hydrogens (tertiary/aromatic N) is 2. The number of hydrogen-bond donors (Lipinski definition) is 0. The average Bonchev–Trinajstić information content (AvgIpc) is 3.10. The molecule has 1 aromatic carbocycles. The van der Waals surface area contributed by atoms with E-state index in [0.29, 0.717) is 19.7 Å². The topological polar surface area (TPSA) is 42.4 Å². The van der Waals surface area contributed by atoms with E-state index < -0.39 is 0 Å². The number of hydrogen-bond acceptors (Lipinski definition) is 4. The molecule has 0 bridgehead atoms. The maximum atomic E-state index is 12.4. The third kappa shape index (κ3) is 3.51. The van der Waals surface area contributed by atoms with Gasteiger partial charge in [-0.05, 0) is 49.3 Å². The summed E-state index contributed by atoms with van der Waals surface area (Å²) in [5, 5.41) is 1.33. The highest BCUT2D eigenvalue weighted by Crippen LogP contribution is 2.44. The van der Waals surface area contributed by atoms with Crippen LogP contribution in [0.3, 0.4) is 0 Å². The number of rotatable bonds is 2. The first-order valence-electron chi connectivity index (χ1n) is 10.2. The Labute approximate surface area is 181 Å². The summed E-state index contributed by atoms with van der Waals surface area (Å²) in [5.74, 6) is 0. The van der Waals surface area contributed by atoms with Crippen molar-refractivity contribution >= 4 is 40.1 Å². The lowest BCUT2D eigenvalue weighted by Gasteiger charge is -2.29. The summed E-state index contributed by atoms with van der Waals surface area (Å²) < 4.78 is 5.27. The fourth-order valence-electron chi connectivity index (χ4n) is 4.56. The molecule has 6 heteroatoms. The van der Waals surface area contributed by atoms with Crippen molar-refractivity contribution in [3.8, 4) is 11.1 Å². The molecule has 1 aliphatic heterocycles. The maximum absolute atomic E-state index is 12.4. The third-order valence-corrected chi connectivity index (χ3v) is 7.03. The van der Waals surface area contributed by atoms with Crippen LogP contribution in [0.2, 0.25) is 0 Å². The standard InChI is InChI=1S/C23H24N2O2S.ClH/c1-2-27-23(26)25-13-12-18-17(14-25)20(15-8-4-3-5-9-15)21-16-10-6-7-11-19(16)28-22(21)24-18;/h3-5,8-9H,2,6-7,10-14H2,1H3;1H. The molecular weight excluding hydrogens is 404 g/mol. The van der Waals surface area contributed by atoms with Crippen LogP contribution in [0, 0.1) is 0 Å². The summed E-state index contributed by atoms with van der Waals surface area (Å²) >= 11 is 1.88. The molecule has 2 aromatic heterocycles. The van der Waals surface area contributed by atoms with E-state index in [4.69, 9.17) is 9.72 Å². The lowest BCUT2D eigenvalue weighted by atomic mass is 9.88. The van der Waals surface area contributed by atoms with Crippen LogP contribution in [-0.4, -0.2) is 29.1 Å². The second-order valence-corrected chi connectivity index (χ2v) is 8.62. The number of fused-ring (bicyclic) bond motifs is 4. The van der Waals surface area contributed by atoms with Crippen LogP contribution >= 0.6 is 23.7 Å². The SMILES string of the molecule is CCOC(=O)N1CCc2nc3sc4c(c3c(-c3ccccc3)c2C1)CCCC4.Cl. The van der Waals surface area contributed by atoms with E-state index >= 15 is 0 Å². The number of benzene rings is 1. The first-order chi connectivity index (χ1) is 13.8. The predicted molar refractivity (Wildman–Crippen MR) is 120 cm³/mol. The van der Waals surface area contributed by atoms with Gasteiger partial charge in [0.15, 0.2) is 0 Å². The van der Waals surface area contributed by atoms with Crippen molar-refractivity contribution in [2.75, 3.05) is 13.2 Å². The van der Waals surface area contributed by atoms with Crippen molar-refractivity contribution in [3.63, 3.8) is 0 Å². The van der Waals surface area contributed by atoms with E-state index in [1.165, 1.54) is 56.6 Å². The molecule has 3 heterocycles. The quantitative estimate of drug-likeness (QED) is 0.519. The van der Waals surface area contributed by atoms with Gasteiger partial charge in [-0.2, -0.15) is 0 Å². The minimum Gasteiger partial charge on any atom is -0.450 e. The number of carbonyl (C=O) groups excluding carboxylic acids is 1. The molecule has 29 heavy (non-hydrogen) atoms. The number of pyridine rings is 1. The van der Waals surface area contributed by atoms with Gasteiger partial charge in [0.2, 0.25) is 0 Å². The second-order valence-electron chi connectivity index (χ2n) is 7.54. The minimum atomic E-state index is -0.223. The van der Waals surface area contributed by atoms with Crippen molar-refractivity contribution in [2.45, 2.75) is 45.6 Å². The van der Waals surface area contributed by atoms with Gasteiger partial charge in [-0.15, -0.1) is 23.7 Å². The largest absolute Gasteiger partial charge is 0.450 e. The van der Waals surface area contributed by atoms with Gasteiger partial charge in [-0.1, -0.05) is 30.3 Å². The Kier molecular flexibility index (Phi) is 5.79. The maximum Gasteiger partial charge on any atom is 0.410 e. The summed E-state index contributed by atoms with van der Waals surface area (Å²) in [7, 11) is 0. The van der Waals surface area contributed by atoms with E-state index in [2.05, 4.69) is 30.3 Å². The zero-order valence-corrected chi connectivity index (χ0v) is 18.2. The smallest absolute Gasteiger partial charge is 0.410 e. The number of aryl methyl sites for hydroxylation is 2. The van der Waals surface area contributed by atoms with Crippen LogP contribution < -0.4 is 0 Å². The molecule has 0 radical (unpaired) electrons. The number of amides is 1. The summed E-state index contributed by atoms with van der Waals surface area (Å²) in [5.41, 5.74) is 6.35. The van der Waals surface area contributed by atoms with Crippen LogP contribution in [-0.2, 0) is 30.5 Å². The average molecular weight is 429 g/mol. The van der Waals surface area contributed by atoms with E-state index in [9.17, 15) is 4.79 Å². The van der Waals surface area contributed by atoms with E-state index in [0.717, 1.165) is 18.5 Å². The zero-order chi connectivity index (χ0) is 19.1. The van der Waals surface area contributed by atoms with Crippen molar-refractivity contribution in [1.82, 2.24) is 9.88 Å². The summed E-state index contributed by atoms with van der Waals surface area (Å²) in [6.07, 6.45) is 5.39. The molecule has 3 aromatic rings. The van der Waals surface area contributed by atoms with Gasteiger partial charge in [0.1, 0.15) is 4.83 Å². The molecule has 0 atom stereocenters. The first-order valence-corrected chi connectivity index (χ1v) is 11.0. The highest BCUT2D eigenvalue weighted by atomic mass is 35.5. The van der Waals surface area contributed by atoms with E-state index in [1.54, 1.807) is 0 Å². The Morgan fingerprint density at radius 1 is 1.14 bits per heavy atom. The molecule has 0 spiro atoms.